The number of benzene rings is 2. The van der Waals surface area contributed by atoms with E-state index in [9.17, 15) is 35.5 Å². The Bertz CT molecular complexity index is 1010. The maximum absolute atomic E-state index is 13.9. The molecule has 0 fully saturated rings. The van der Waals surface area contributed by atoms with Gasteiger partial charge in [0, 0.05) is 11.1 Å². The average molecular weight is 448 g/mol. The smallest absolute Gasteiger partial charge is 0.343 e. The first-order valence-electron chi connectivity index (χ1n) is 8.78. The molecule has 3 rings (SSSR count). The molecule has 2 aromatic rings. The first-order valence-corrected chi connectivity index (χ1v) is 8.78. The Balaban J connectivity index is 1.89. The van der Waals surface area contributed by atoms with Crippen molar-refractivity contribution >= 4 is 11.6 Å². The fourth-order valence-electron chi connectivity index (χ4n) is 2.94. The van der Waals surface area contributed by atoms with E-state index >= 15 is 0 Å². The minimum Gasteiger partial charge on any atom is -0.343 e. The maximum Gasteiger partial charge on any atom is 0.428 e. The van der Waals surface area contributed by atoms with Gasteiger partial charge in [-0.05, 0) is 48.4 Å². The van der Waals surface area contributed by atoms with E-state index < -0.39 is 36.2 Å². The standard InChI is InChI=1S/C20H15F7N2O2/c1-11-8-14(6-7-15(11)21)18(20(25,26)27)9-16(29-31-18)12-2-4-13(5-3-12)17(30)28-10-19(22,23)24/h2-9,29H,10H2,1H3,(H,28,30). The second-order valence-corrected chi connectivity index (χ2v) is 6.83. The molecule has 1 atom stereocenters. The molecule has 11 heteroatoms. The second-order valence-electron chi connectivity index (χ2n) is 6.83. The van der Waals surface area contributed by atoms with Crippen molar-refractivity contribution in [3.63, 3.8) is 0 Å². The molecule has 0 radical (unpaired) electrons. The topological polar surface area (TPSA) is 50.4 Å². The summed E-state index contributed by atoms with van der Waals surface area (Å²) in [6.07, 6.45) is -8.70. The van der Waals surface area contributed by atoms with Crippen molar-refractivity contribution < 1.29 is 40.4 Å². The van der Waals surface area contributed by atoms with Crippen LogP contribution >= 0.6 is 0 Å². The van der Waals surface area contributed by atoms with Crippen LogP contribution in [0.1, 0.15) is 27.0 Å². The molecule has 31 heavy (non-hydrogen) atoms. The highest BCUT2D eigenvalue weighted by molar-refractivity contribution is 5.94. The van der Waals surface area contributed by atoms with Crippen LogP contribution in [0.5, 0.6) is 0 Å². The highest BCUT2D eigenvalue weighted by Gasteiger charge is 2.59. The van der Waals surface area contributed by atoms with E-state index in [-0.39, 0.29) is 28.0 Å². The van der Waals surface area contributed by atoms with E-state index in [1.807, 2.05) is 0 Å². The summed E-state index contributed by atoms with van der Waals surface area (Å²) in [6.45, 7) is -0.197. The number of aryl methyl sites for hydroxylation is 1. The summed E-state index contributed by atoms with van der Waals surface area (Å²) in [5.74, 6) is -1.66. The van der Waals surface area contributed by atoms with Crippen molar-refractivity contribution in [1.82, 2.24) is 10.8 Å². The highest BCUT2D eigenvalue weighted by Crippen LogP contribution is 2.47. The van der Waals surface area contributed by atoms with Gasteiger partial charge in [0.25, 0.3) is 5.91 Å². The number of hydrogen-bond donors (Lipinski definition) is 2. The SMILES string of the molecule is Cc1cc(C2(C(F)(F)F)C=C(c3ccc(C(=O)NCC(F)(F)F)cc3)NO2)ccc1F. The molecule has 0 aliphatic carbocycles. The van der Waals surface area contributed by atoms with E-state index in [4.69, 9.17) is 4.84 Å². The molecule has 4 nitrogen and oxygen atoms in total. The summed E-state index contributed by atoms with van der Waals surface area (Å²) in [7, 11) is 0. The zero-order valence-electron chi connectivity index (χ0n) is 15.8. The van der Waals surface area contributed by atoms with Gasteiger partial charge in [0.2, 0.25) is 5.60 Å². The first-order chi connectivity index (χ1) is 14.3. The summed E-state index contributed by atoms with van der Waals surface area (Å²) in [5.41, 5.74) is -1.03. The monoisotopic (exact) mass is 448 g/mol. The third kappa shape index (κ3) is 4.66. The molecule has 2 N–H and O–H groups in total. The lowest BCUT2D eigenvalue weighted by Gasteiger charge is -2.28. The van der Waals surface area contributed by atoms with E-state index in [1.165, 1.54) is 31.2 Å². The van der Waals surface area contributed by atoms with Gasteiger partial charge in [-0.2, -0.15) is 26.3 Å². The van der Waals surface area contributed by atoms with Gasteiger partial charge in [-0.25, -0.2) is 4.39 Å². The zero-order valence-corrected chi connectivity index (χ0v) is 15.8. The van der Waals surface area contributed by atoms with Crippen molar-refractivity contribution in [3.8, 4) is 0 Å². The molecular formula is C20H15F7N2O2. The Kier molecular flexibility index (Phi) is 5.74. The molecule has 166 valence electrons. The molecular weight excluding hydrogens is 433 g/mol. The summed E-state index contributed by atoms with van der Waals surface area (Å²) < 4.78 is 91.9. The molecule has 1 aliphatic heterocycles. The number of carbonyl (C=O) groups is 1. The summed E-state index contributed by atoms with van der Waals surface area (Å²) in [6, 6.07) is 7.74. The summed E-state index contributed by atoms with van der Waals surface area (Å²) in [4.78, 5) is 16.7. The first kappa shape index (κ1) is 22.6. The molecule has 1 aliphatic rings. The Labute approximate surface area is 171 Å². The Morgan fingerprint density at radius 1 is 1.06 bits per heavy atom. The van der Waals surface area contributed by atoms with E-state index in [2.05, 4.69) is 5.48 Å². The van der Waals surface area contributed by atoms with Crippen molar-refractivity contribution in [2.75, 3.05) is 6.54 Å². The summed E-state index contributed by atoms with van der Waals surface area (Å²) >= 11 is 0. The molecule has 0 aromatic heterocycles. The van der Waals surface area contributed by atoms with Gasteiger partial charge in [-0.1, -0.05) is 18.2 Å². The lowest BCUT2D eigenvalue weighted by molar-refractivity contribution is -0.269. The van der Waals surface area contributed by atoms with Crippen molar-refractivity contribution in [3.05, 3.63) is 76.6 Å². The van der Waals surface area contributed by atoms with Crippen LogP contribution in [0.2, 0.25) is 0 Å². The fraction of sp³-hybridized carbons (Fsp3) is 0.250. The molecule has 0 spiro atoms. The van der Waals surface area contributed by atoms with Gasteiger partial charge in [-0.3, -0.25) is 15.1 Å². The number of halogens is 7. The molecule has 1 heterocycles. The van der Waals surface area contributed by atoms with Gasteiger partial charge in [0.05, 0.1) is 5.70 Å². The van der Waals surface area contributed by atoms with Crippen LogP contribution in [0.15, 0.2) is 48.5 Å². The number of hydrogen-bond acceptors (Lipinski definition) is 3. The Hall–Kier alpha value is -3.08. The Morgan fingerprint density at radius 3 is 2.26 bits per heavy atom. The van der Waals surface area contributed by atoms with Gasteiger partial charge < -0.3 is 5.32 Å². The van der Waals surface area contributed by atoms with Crippen LogP contribution < -0.4 is 10.8 Å². The summed E-state index contributed by atoms with van der Waals surface area (Å²) in [5, 5.41) is 1.69. The predicted molar refractivity (Wildman–Crippen MR) is 95.9 cm³/mol. The minimum atomic E-state index is -4.90. The van der Waals surface area contributed by atoms with Crippen LogP contribution in [-0.2, 0) is 10.4 Å². The van der Waals surface area contributed by atoms with Crippen LogP contribution in [-0.4, -0.2) is 24.8 Å². The zero-order chi connectivity index (χ0) is 23.0. The molecule has 0 saturated heterocycles. The maximum atomic E-state index is 13.9. The number of carbonyl (C=O) groups excluding carboxylic acids is 1. The lowest BCUT2D eigenvalue weighted by atomic mass is 9.90. The van der Waals surface area contributed by atoms with E-state index in [0.717, 1.165) is 24.3 Å². The number of rotatable bonds is 4. The highest BCUT2D eigenvalue weighted by atomic mass is 19.4. The predicted octanol–water partition coefficient (Wildman–Crippen LogP) is 4.76. The number of hydroxylamine groups is 1. The van der Waals surface area contributed by atoms with Crippen LogP contribution in [0.25, 0.3) is 5.70 Å². The van der Waals surface area contributed by atoms with Crippen molar-refractivity contribution in [2.24, 2.45) is 0 Å². The second kappa shape index (κ2) is 7.88. The largest absolute Gasteiger partial charge is 0.428 e. The van der Waals surface area contributed by atoms with Crippen molar-refractivity contribution in [1.29, 1.82) is 0 Å². The number of amides is 1. The van der Waals surface area contributed by atoms with Gasteiger partial charge in [0.1, 0.15) is 12.4 Å². The Morgan fingerprint density at radius 2 is 1.71 bits per heavy atom. The molecule has 1 amide bonds. The third-order valence-corrected chi connectivity index (χ3v) is 4.58. The molecule has 0 bridgehead atoms. The molecule has 1 unspecified atom stereocenters. The van der Waals surface area contributed by atoms with Crippen LogP contribution in [0, 0.1) is 12.7 Å². The third-order valence-electron chi connectivity index (χ3n) is 4.58. The van der Waals surface area contributed by atoms with Crippen LogP contribution in [0.3, 0.4) is 0 Å². The lowest BCUT2D eigenvalue weighted by Crippen LogP contribution is -2.42. The van der Waals surface area contributed by atoms with E-state index in [1.54, 1.807) is 5.32 Å². The van der Waals surface area contributed by atoms with Crippen LogP contribution in [0.4, 0.5) is 30.7 Å². The van der Waals surface area contributed by atoms with Crippen molar-refractivity contribution in [2.45, 2.75) is 24.9 Å². The van der Waals surface area contributed by atoms with Gasteiger partial charge in [-0.15, -0.1) is 0 Å². The minimum absolute atomic E-state index is 0.000738. The molecule has 2 aromatic carbocycles. The fourth-order valence-corrected chi connectivity index (χ4v) is 2.94. The van der Waals surface area contributed by atoms with Gasteiger partial charge in [0.15, 0.2) is 0 Å². The van der Waals surface area contributed by atoms with E-state index in [0.29, 0.717) is 0 Å². The number of alkyl halides is 6. The van der Waals surface area contributed by atoms with Gasteiger partial charge >= 0.3 is 12.4 Å². The number of nitrogens with one attached hydrogen (secondary N) is 2. The molecule has 0 saturated carbocycles. The quantitative estimate of drug-likeness (QED) is 0.664. The normalized spacial score (nSPS) is 19.0. The average Bonchev–Trinajstić information content (AvgIpc) is 3.14.